The molecule has 0 bridgehead atoms. The van der Waals surface area contributed by atoms with Gasteiger partial charge in [-0.3, -0.25) is 9.10 Å². The highest BCUT2D eigenvalue weighted by atomic mass is 32.2. The topological polar surface area (TPSA) is 74.7 Å². The van der Waals surface area contributed by atoms with E-state index in [1.807, 2.05) is 6.07 Å². The van der Waals surface area contributed by atoms with Crippen molar-refractivity contribution in [3.8, 4) is 0 Å². The lowest BCUT2D eigenvalue weighted by Gasteiger charge is -2.30. The maximum absolute atomic E-state index is 12.7. The van der Waals surface area contributed by atoms with Crippen LogP contribution in [0, 0.1) is 0 Å². The molecule has 0 unspecified atom stereocenters. The fourth-order valence-corrected chi connectivity index (χ4v) is 4.06. The Kier molecular flexibility index (Phi) is 3.46. The van der Waals surface area contributed by atoms with Gasteiger partial charge in [0, 0.05) is 5.56 Å². The van der Waals surface area contributed by atoms with Crippen LogP contribution in [-0.4, -0.2) is 23.6 Å². The molecule has 3 rings (SSSR count). The van der Waals surface area contributed by atoms with Gasteiger partial charge < -0.3 is 5.11 Å². The normalized spacial score (nSPS) is 18.3. The van der Waals surface area contributed by atoms with Crippen LogP contribution >= 0.6 is 0 Å². The number of benzene rings is 2. The first kappa shape index (κ1) is 14.3. The van der Waals surface area contributed by atoms with Gasteiger partial charge in [-0.15, -0.1) is 0 Å². The van der Waals surface area contributed by atoms with Gasteiger partial charge in [0.2, 0.25) is 5.78 Å². The fourth-order valence-electron chi connectivity index (χ4n) is 2.42. The van der Waals surface area contributed by atoms with Crippen molar-refractivity contribution in [2.24, 2.45) is 0 Å². The highest BCUT2D eigenvalue weighted by Gasteiger charge is 2.39. The molecule has 1 N–H and O–H groups in total. The van der Waals surface area contributed by atoms with Crippen LogP contribution in [0.3, 0.4) is 0 Å². The quantitative estimate of drug-likeness (QED) is 0.682. The van der Waals surface area contributed by atoms with Crippen LogP contribution in [0.5, 0.6) is 0 Å². The third-order valence-corrected chi connectivity index (χ3v) is 5.31. The Bertz CT molecular complexity index is 857. The van der Waals surface area contributed by atoms with Crippen molar-refractivity contribution >= 4 is 15.8 Å². The van der Waals surface area contributed by atoms with E-state index in [4.69, 9.17) is 0 Å². The number of fused-ring (bicyclic) bond motifs is 1. The molecule has 2 aromatic carbocycles. The number of Topliss-reactive ketones (excluding diaryl/α,β-unsaturated/α-hetero) is 1. The van der Waals surface area contributed by atoms with E-state index in [1.54, 1.807) is 36.4 Å². The summed E-state index contributed by atoms with van der Waals surface area (Å²) in [6, 6.07) is 14.9. The van der Waals surface area contributed by atoms with E-state index >= 15 is 0 Å². The van der Waals surface area contributed by atoms with Crippen LogP contribution in [0.1, 0.15) is 15.9 Å². The Labute approximate surface area is 128 Å². The number of hydrogen-bond donors (Lipinski definition) is 1. The molecular formula is C16H13NO4S. The molecule has 112 valence electrons. The molecule has 6 heteroatoms. The second-order valence-electron chi connectivity index (χ2n) is 4.84. The third-order valence-electron chi connectivity index (χ3n) is 3.49. The lowest BCUT2D eigenvalue weighted by Crippen LogP contribution is -2.38. The Morgan fingerprint density at radius 3 is 2.32 bits per heavy atom. The lowest BCUT2D eigenvalue weighted by molar-refractivity contribution is 0.0994. The number of hydrogen-bond acceptors (Lipinski definition) is 4. The molecule has 0 spiro atoms. The number of aliphatic hydroxyl groups excluding tert-OH is 1. The average Bonchev–Trinajstić information content (AvgIpc) is 2.54. The summed E-state index contributed by atoms with van der Waals surface area (Å²) >= 11 is 0. The molecule has 0 fully saturated rings. The van der Waals surface area contributed by atoms with Crippen LogP contribution in [-0.2, 0) is 16.6 Å². The minimum absolute atomic E-state index is 0.0182. The van der Waals surface area contributed by atoms with Crippen molar-refractivity contribution in [2.75, 3.05) is 0 Å². The summed E-state index contributed by atoms with van der Waals surface area (Å²) in [5.41, 5.74) is 0.548. The Balaban J connectivity index is 2.15. The first-order valence-corrected chi connectivity index (χ1v) is 8.04. The standard InChI is InChI=1S/C16H13NO4S/c18-11-14-16(19)13-8-4-5-9-15(13)22(20,21)17(14)10-12-6-2-1-3-7-12/h1-9,11,18H,10H2/b14-11-. The van der Waals surface area contributed by atoms with Crippen molar-refractivity contribution in [3.63, 3.8) is 0 Å². The average molecular weight is 315 g/mol. The molecule has 22 heavy (non-hydrogen) atoms. The van der Waals surface area contributed by atoms with Crippen molar-refractivity contribution < 1.29 is 18.3 Å². The van der Waals surface area contributed by atoms with E-state index in [9.17, 15) is 18.3 Å². The summed E-state index contributed by atoms with van der Waals surface area (Å²) in [5.74, 6) is -0.510. The van der Waals surface area contributed by atoms with Gasteiger partial charge in [-0.25, -0.2) is 8.42 Å². The van der Waals surface area contributed by atoms with E-state index in [0.717, 1.165) is 9.87 Å². The predicted molar refractivity (Wildman–Crippen MR) is 80.7 cm³/mol. The van der Waals surface area contributed by atoms with Gasteiger partial charge in [0.15, 0.2) is 0 Å². The Hall–Kier alpha value is -2.60. The second-order valence-corrected chi connectivity index (χ2v) is 6.67. The van der Waals surface area contributed by atoms with E-state index in [0.29, 0.717) is 6.26 Å². The van der Waals surface area contributed by atoms with Gasteiger partial charge in [-0.05, 0) is 17.7 Å². The molecule has 0 aliphatic carbocycles. The van der Waals surface area contributed by atoms with Crippen LogP contribution in [0.25, 0.3) is 0 Å². The molecule has 5 nitrogen and oxygen atoms in total. The van der Waals surface area contributed by atoms with Crippen molar-refractivity contribution in [3.05, 3.63) is 77.7 Å². The molecule has 1 heterocycles. The first-order valence-electron chi connectivity index (χ1n) is 6.60. The van der Waals surface area contributed by atoms with Gasteiger partial charge in [-0.2, -0.15) is 0 Å². The van der Waals surface area contributed by atoms with Crippen molar-refractivity contribution in [2.45, 2.75) is 11.4 Å². The predicted octanol–water partition coefficient (Wildman–Crippen LogP) is 2.47. The molecule has 0 amide bonds. The van der Waals surface area contributed by atoms with Gasteiger partial charge in [0.25, 0.3) is 10.0 Å². The van der Waals surface area contributed by atoms with Crippen molar-refractivity contribution in [1.82, 2.24) is 4.31 Å². The monoisotopic (exact) mass is 315 g/mol. The number of allylic oxidation sites excluding steroid dienone is 1. The van der Waals surface area contributed by atoms with Gasteiger partial charge >= 0.3 is 0 Å². The minimum Gasteiger partial charge on any atom is -0.513 e. The SMILES string of the molecule is O=C1/C(=C/O)N(Cc2ccccc2)S(=O)(=O)c2ccccc21. The second kappa shape index (κ2) is 5.31. The van der Waals surface area contributed by atoms with Crippen molar-refractivity contribution in [1.29, 1.82) is 0 Å². The Morgan fingerprint density at radius 2 is 1.64 bits per heavy atom. The highest BCUT2D eigenvalue weighted by molar-refractivity contribution is 7.89. The largest absolute Gasteiger partial charge is 0.513 e. The van der Waals surface area contributed by atoms with Crippen LogP contribution in [0.4, 0.5) is 0 Å². The number of carbonyl (C=O) groups excluding carboxylic acids is 1. The number of carbonyl (C=O) groups is 1. The van der Waals surface area contributed by atoms with E-state index in [2.05, 4.69) is 0 Å². The van der Waals surface area contributed by atoms with Crippen LogP contribution < -0.4 is 0 Å². The number of rotatable bonds is 2. The zero-order chi connectivity index (χ0) is 15.7. The molecule has 0 saturated carbocycles. The molecule has 1 aliphatic heterocycles. The van der Waals surface area contributed by atoms with Gasteiger partial charge in [-0.1, -0.05) is 42.5 Å². The fraction of sp³-hybridized carbons (Fsp3) is 0.0625. The molecule has 0 radical (unpaired) electrons. The van der Waals surface area contributed by atoms with Crippen LogP contribution in [0.2, 0.25) is 0 Å². The summed E-state index contributed by atoms with van der Waals surface area (Å²) in [7, 11) is -3.89. The molecule has 0 atom stereocenters. The number of sulfonamides is 1. The first-order chi connectivity index (χ1) is 10.6. The zero-order valence-corrected chi connectivity index (χ0v) is 12.3. The summed E-state index contributed by atoms with van der Waals surface area (Å²) in [6.07, 6.45) is 0.554. The molecule has 0 aromatic heterocycles. The third kappa shape index (κ3) is 2.17. The minimum atomic E-state index is -3.89. The zero-order valence-electron chi connectivity index (χ0n) is 11.5. The number of aliphatic hydroxyl groups is 1. The van der Waals surface area contributed by atoms with Gasteiger partial charge in [0.1, 0.15) is 12.0 Å². The number of ketones is 1. The van der Waals surface area contributed by atoms with Crippen LogP contribution in [0.15, 0.2) is 71.5 Å². The Morgan fingerprint density at radius 1 is 1.00 bits per heavy atom. The smallest absolute Gasteiger partial charge is 0.265 e. The summed E-state index contributed by atoms with van der Waals surface area (Å²) in [4.78, 5) is 12.4. The van der Waals surface area contributed by atoms with Gasteiger partial charge in [0.05, 0.1) is 11.4 Å². The number of nitrogens with zero attached hydrogens (tertiary/aromatic N) is 1. The van der Waals surface area contributed by atoms with E-state index in [1.165, 1.54) is 12.1 Å². The summed E-state index contributed by atoms with van der Waals surface area (Å²) in [5, 5.41) is 9.38. The molecule has 2 aromatic rings. The highest BCUT2D eigenvalue weighted by Crippen LogP contribution is 2.33. The lowest BCUT2D eigenvalue weighted by atomic mass is 10.1. The molecule has 1 aliphatic rings. The maximum atomic E-state index is 12.7. The molecule has 0 saturated heterocycles. The van der Waals surface area contributed by atoms with E-state index in [-0.39, 0.29) is 22.7 Å². The van der Waals surface area contributed by atoms with E-state index < -0.39 is 15.8 Å². The summed E-state index contributed by atoms with van der Waals surface area (Å²) < 4.78 is 26.4. The summed E-state index contributed by atoms with van der Waals surface area (Å²) in [6.45, 7) is -0.0182. The molecular weight excluding hydrogens is 302 g/mol. The maximum Gasteiger partial charge on any atom is 0.265 e.